The van der Waals surface area contributed by atoms with Crippen molar-refractivity contribution in [2.45, 2.75) is 6.92 Å². The molecule has 0 spiro atoms. The molecule has 0 radical (unpaired) electrons. The van der Waals surface area contributed by atoms with Crippen LogP contribution in [0.3, 0.4) is 0 Å². The number of aromatic nitrogens is 1. The first-order valence-corrected chi connectivity index (χ1v) is 14.1. The van der Waals surface area contributed by atoms with Crippen LogP contribution in [0.15, 0.2) is 140 Å². The normalized spacial score (nSPS) is 12.4. The van der Waals surface area contributed by atoms with E-state index in [4.69, 9.17) is 0 Å². The SMILES string of the molecule is C=C(/C=C\C(=C/C)c1ccc(-c2cccc3c2sc2ccccc23)cc1)n1c2ccccc2c2ccccc21. The Labute approximate surface area is 232 Å². The van der Waals surface area contributed by atoms with Crippen LogP contribution in [-0.2, 0) is 0 Å². The molecule has 5 aromatic carbocycles. The monoisotopic (exact) mass is 517 g/mol. The molecule has 0 N–H and O–H groups in total. The molecule has 0 fully saturated rings. The minimum absolute atomic E-state index is 0.944. The van der Waals surface area contributed by atoms with E-state index in [9.17, 15) is 0 Å². The maximum Gasteiger partial charge on any atom is 0.0540 e. The molecule has 1 nitrogen and oxygen atoms in total. The van der Waals surface area contributed by atoms with Gasteiger partial charge >= 0.3 is 0 Å². The van der Waals surface area contributed by atoms with Crippen molar-refractivity contribution in [2.24, 2.45) is 0 Å². The summed E-state index contributed by atoms with van der Waals surface area (Å²) in [6.45, 7) is 6.54. The Morgan fingerprint density at radius 3 is 1.95 bits per heavy atom. The van der Waals surface area contributed by atoms with Crippen LogP contribution >= 0.6 is 11.3 Å². The average molecular weight is 518 g/mol. The van der Waals surface area contributed by atoms with E-state index >= 15 is 0 Å². The van der Waals surface area contributed by atoms with E-state index in [0.717, 1.165) is 5.70 Å². The van der Waals surface area contributed by atoms with Gasteiger partial charge in [-0.25, -0.2) is 0 Å². The molecule has 39 heavy (non-hydrogen) atoms. The smallest absolute Gasteiger partial charge is 0.0540 e. The lowest BCUT2D eigenvalue weighted by Crippen LogP contribution is -1.93. The van der Waals surface area contributed by atoms with Crippen LogP contribution in [0.5, 0.6) is 0 Å². The second-order valence-electron chi connectivity index (χ2n) is 9.80. The van der Waals surface area contributed by atoms with Crippen molar-refractivity contribution >= 4 is 64.6 Å². The van der Waals surface area contributed by atoms with Gasteiger partial charge in [0, 0.05) is 36.6 Å². The fourth-order valence-corrected chi connectivity index (χ4v) is 6.91. The summed E-state index contributed by atoms with van der Waals surface area (Å²) in [5, 5.41) is 5.16. The molecule has 0 unspecified atom stereocenters. The van der Waals surface area contributed by atoms with Crippen LogP contribution in [0.25, 0.3) is 64.4 Å². The van der Waals surface area contributed by atoms with Gasteiger partial charge in [0.1, 0.15) is 0 Å². The van der Waals surface area contributed by atoms with Crippen molar-refractivity contribution in [2.75, 3.05) is 0 Å². The van der Waals surface area contributed by atoms with Gasteiger partial charge in [0.05, 0.1) is 11.0 Å². The molecule has 0 atom stereocenters. The van der Waals surface area contributed by atoms with E-state index < -0.39 is 0 Å². The topological polar surface area (TPSA) is 4.93 Å². The summed E-state index contributed by atoms with van der Waals surface area (Å²) in [4.78, 5) is 0. The van der Waals surface area contributed by atoms with Crippen molar-refractivity contribution in [3.63, 3.8) is 0 Å². The van der Waals surface area contributed by atoms with Crippen LogP contribution < -0.4 is 0 Å². The number of benzene rings is 5. The van der Waals surface area contributed by atoms with Crippen molar-refractivity contribution in [3.05, 3.63) is 146 Å². The Morgan fingerprint density at radius 1 is 0.641 bits per heavy atom. The first-order valence-electron chi connectivity index (χ1n) is 13.3. The predicted octanol–water partition coefficient (Wildman–Crippen LogP) is 11.0. The summed E-state index contributed by atoms with van der Waals surface area (Å²) in [7, 11) is 0. The van der Waals surface area contributed by atoms with E-state index in [1.807, 2.05) is 11.3 Å². The zero-order valence-corrected chi connectivity index (χ0v) is 22.6. The van der Waals surface area contributed by atoms with E-state index in [0.29, 0.717) is 0 Å². The first kappa shape index (κ1) is 23.5. The van der Waals surface area contributed by atoms with Crippen LogP contribution in [0.4, 0.5) is 0 Å². The highest BCUT2D eigenvalue weighted by molar-refractivity contribution is 7.26. The third-order valence-corrected chi connectivity index (χ3v) is 8.79. The van der Waals surface area contributed by atoms with Gasteiger partial charge in [-0.1, -0.05) is 116 Å². The van der Waals surface area contributed by atoms with E-state index in [-0.39, 0.29) is 0 Å². The number of hydrogen-bond donors (Lipinski definition) is 0. The Kier molecular flexibility index (Phi) is 5.76. The van der Waals surface area contributed by atoms with Gasteiger partial charge in [0.15, 0.2) is 0 Å². The standard InChI is InChI=1S/C37H27NS/c1-3-26(20-19-25(2)38-34-16-7-4-11-30(34)31-12-5-8-17-35(31)38)27-21-23-28(24-22-27)29-14-10-15-33-32-13-6-9-18-36(32)39-37(29)33/h3-24H,2H2,1H3/b20-19-,26-3+. The lowest BCUT2D eigenvalue weighted by Gasteiger charge is -2.09. The summed E-state index contributed by atoms with van der Waals surface area (Å²) >= 11 is 1.87. The Hall–Kier alpha value is -4.66. The van der Waals surface area contributed by atoms with Gasteiger partial charge in [-0.3, -0.25) is 0 Å². The minimum Gasteiger partial charge on any atom is -0.310 e. The molecular formula is C37H27NS. The molecule has 2 heteroatoms. The zero-order chi connectivity index (χ0) is 26.3. The Bertz CT molecular complexity index is 2030. The van der Waals surface area contributed by atoms with Crippen LogP contribution in [0, 0.1) is 0 Å². The molecule has 0 aliphatic heterocycles. The predicted molar refractivity (Wildman–Crippen MR) is 172 cm³/mol. The number of para-hydroxylation sites is 2. The molecule has 7 aromatic rings. The van der Waals surface area contributed by atoms with Crippen molar-refractivity contribution in [1.29, 1.82) is 0 Å². The number of fused-ring (bicyclic) bond motifs is 6. The third-order valence-electron chi connectivity index (χ3n) is 7.57. The zero-order valence-electron chi connectivity index (χ0n) is 21.8. The maximum atomic E-state index is 4.45. The fourth-order valence-electron chi connectivity index (χ4n) is 5.67. The number of thiophene rings is 1. The molecular weight excluding hydrogens is 490 g/mol. The second kappa shape index (κ2) is 9.58. The lowest BCUT2D eigenvalue weighted by molar-refractivity contribution is 1.24. The van der Waals surface area contributed by atoms with Gasteiger partial charge in [-0.2, -0.15) is 0 Å². The van der Waals surface area contributed by atoms with Gasteiger partial charge in [-0.15, -0.1) is 11.3 Å². The molecule has 0 amide bonds. The summed E-state index contributed by atoms with van der Waals surface area (Å²) in [5.41, 5.74) is 8.19. The highest BCUT2D eigenvalue weighted by Crippen LogP contribution is 2.40. The summed E-state index contributed by atoms with van der Waals surface area (Å²) in [6.07, 6.45) is 6.46. The summed E-state index contributed by atoms with van der Waals surface area (Å²) in [6, 6.07) is 41.3. The molecule has 2 aromatic heterocycles. The molecule has 0 bridgehead atoms. The van der Waals surface area contributed by atoms with Crippen molar-refractivity contribution in [3.8, 4) is 11.1 Å². The van der Waals surface area contributed by atoms with E-state index in [1.54, 1.807) is 0 Å². The Balaban J connectivity index is 1.21. The molecule has 2 heterocycles. The van der Waals surface area contributed by atoms with E-state index in [2.05, 4.69) is 152 Å². The van der Waals surface area contributed by atoms with Gasteiger partial charge in [-0.05, 0) is 53.5 Å². The third kappa shape index (κ3) is 3.93. The molecule has 0 aliphatic rings. The molecule has 0 aliphatic carbocycles. The first-order chi connectivity index (χ1) is 19.2. The summed E-state index contributed by atoms with van der Waals surface area (Å²) < 4.78 is 4.94. The number of nitrogens with zero attached hydrogens (tertiary/aromatic N) is 1. The largest absolute Gasteiger partial charge is 0.310 e. The highest BCUT2D eigenvalue weighted by atomic mass is 32.1. The number of hydrogen-bond acceptors (Lipinski definition) is 1. The quantitative estimate of drug-likeness (QED) is 0.200. The maximum absolute atomic E-state index is 4.45. The lowest BCUT2D eigenvalue weighted by atomic mass is 9.98. The highest BCUT2D eigenvalue weighted by Gasteiger charge is 2.12. The van der Waals surface area contributed by atoms with Crippen molar-refractivity contribution in [1.82, 2.24) is 4.57 Å². The van der Waals surface area contributed by atoms with Gasteiger partial charge in [0.2, 0.25) is 0 Å². The van der Waals surface area contributed by atoms with Gasteiger partial charge in [0.25, 0.3) is 0 Å². The summed E-state index contributed by atoms with van der Waals surface area (Å²) in [5.74, 6) is 0. The number of rotatable bonds is 5. The molecule has 0 saturated carbocycles. The van der Waals surface area contributed by atoms with Gasteiger partial charge < -0.3 is 4.57 Å². The molecule has 7 rings (SSSR count). The number of allylic oxidation sites excluding steroid dienone is 5. The second-order valence-corrected chi connectivity index (χ2v) is 10.8. The van der Waals surface area contributed by atoms with E-state index in [1.165, 1.54) is 64.2 Å². The minimum atomic E-state index is 0.944. The Morgan fingerprint density at radius 2 is 1.26 bits per heavy atom. The van der Waals surface area contributed by atoms with Crippen LogP contribution in [0.2, 0.25) is 0 Å². The van der Waals surface area contributed by atoms with Crippen LogP contribution in [0.1, 0.15) is 12.5 Å². The average Bonchev–Trinajstić information content (AvgIpc) is 3.54. The fraction of sp³-hybridized carbons (Fsp3) is 0.0270. The van der Waals surface area contributed by atoms with Crippen molar-refractivity contribution < 1.29 is 0 Å². The molecule has 186 valence electrons. The van der Waals surface area contributed by atoms with Crippen LogP contribution in [-0.4, -0.2) is 4.57 Å². The molecule has 0 saturated heterocycles.